The van der Waals surface area contributed by atoms with Gasteiger partial charge in [0, 0.05) is 5.56 Å². The van der Waals surface area contributed by atoms with Gasteiger partial charge in [0.05, 0.1) is 15.2 Å². The lowest BCUT2D eigenvalue weighted by Crippen LogP contribution is -2.14. The minimum Gasteiger partial charge on any atom is -0.321 e. The first kappa shape index (κ1) is 16.1. The molecule has 0 spiro atoms. The molecule has 1 amide bonds. The van der Waals surface area contributed by atoms with Gasteiger partial charge in [0.25, 0.3) is 5.91 Å². The van der Waals surface area contributed by atoms with Crippen molar-refractivity contribution in [2.45, 2.75) is 26.2 Å². The Balaban J connectivity index is 2.19. The van der Waals surface area contributed by atoms with E-state index in [0.29, 0.717) is 20.7 Å². The van der Waals surface area contributed by atoms with Gasteiger partial charge in [-0.05, 0) is 51.2 Å². The molecule has 0 aliphatic carbocycles. The van der Waals surface area contributed by atoms with Gasteiger partial charge < -0.3 is 5.32 Å². The number of amides is 1. The van der Waals surface area contributed by atoms with E-state index in [1.54, 1.807) is 18.2 Å². The maximum Gasteiger partial charge on any atom is 0.255 e. The van der Waals surface area contributed by atoms with Crippen LogP contribution in [0.4, 0.5) is 5.69 Å². The first-order chi connectivity index (χ1) is 9.79. The van der Waals surface area contributed by atoms with Crippen molar-refractivity contribution in [1.29, 1.82) is 0 Å². The predicted molar refractivity (Wildman–Crippen MR) is 92.2 cm³/mol. The minimum absolute atomic E-state index is 0.0744. The first-order valence-corrected chi connectivity index (χ1v) is 7.82. The Morgan fingerprint density at radius 1 is 1.10 bits per heavy atom. The minimum atomic E-state index is -0.154. The molecule has 0 heterocycles. The van der Waals surface area contributed by atoms with E-state index < -0.39 is 0 Å². The molecule has 0 atom stereocenters. The molecular formula is C17H17BrClNO. The number of rotatable bonds is 2. The summed E-state index contributed by atoms with van der Waals surface area (Å²) in [6.45, 7) is 6.43. The highest BCUT2D eigenvalue weighted by Gasteiger charge is 2.15. The van der Waals surface area contributed by atoms with E-state index in [4.69, 9.17) is 11.6 Å². The van der Waals surface area contributed by atoms with Gasteiger partial charge in [-0.2, -0.15) is 0 Å². The SMILES string of the molecule is CC(C)(C)c1ccc(C(=O)Nc2cccc(Cl)c2Br)cc1. The maximum absolute atomic E-state index is 12.3. The van der Waals surface area contributed by atoms with E-state index in [0.717, 1.165) is 0 Å². The number of anilines is 1. The first-order valence-electron chi connectivity index (χ1n) is 6.65. The normalized spacial score (nSPS) is 11.3. The van der Waals surface area contributed by atoms with Crippen LogP contribution in [0.2, 0.25) is 5.02 Å². The van der Waals surface area contributed by atoms with Gasteiger partial charge in [-0.25, -0.2) is 0 Å². The van der Waals surface area contributed by atoms with E-state index >= 15 is 0 Å². The van der Waals surface area contributed by atoms with Crippen LogP contribution in [-0.4, -0.2) is 5.91 Å². The van der Waals surface area contributed by atoms with Crippen molar-refractivity contribution in [2.75, 3.05) is 5.32 Å². The van der Waals surface area contributed by atoms with Crippen LogP contribution in [-0.2, 0) is 5.41 Å². The fourth-order valence-electron chi connectivity index (χ4n) is 1.92. The van der Waals surface area contributed by atoms with E-state index in [9.17, 15) is 4.79 Å². The van der Waals surface area contributed by atoms with Crippen molar-refractivity contribution in [1.82, 2.24) is 0 Å². The van der Waals surface area contributed by atoms with E-state index in [1.165, 1.54) is 5.56 Å². The summed E-state index contributed by atoms with van der Waals surface area (Å²) in [6, 6.07) is 13.0. The Labute approximate surface area is 138 Å². The second kappa shape index (κ2) is 6.20. The molecule has 2 aromatic rings. The van der Waals surface area contributed by atoms with E-state index in [2.05, 4.69) is 42.0 Å². The van der Waals surface area contributed by atoms with Crippen molar-refractivity contribution in [3.63, 3.8) is 0 Å². The molecule has 0 radical (unpaired) electrons. The van der Waals surface area contributed by atoms with Gasteiger partial charge in [0.1, 0.15) is 0 Å². The van der Waals surface area contributed by atoms with E-state index in [1.807, 2.05) is 24.3 Å². The molecule has 21 heavy (non-hydrogen) atoms. The van der Waals surface area contributed by atoms with Crippen LogP contribution in [0.15, 0.2) is 46.9 Å². The summed E-state index contributed by atoms with van der Waals surface area (Å²) in [5.41, 5.74) is 2.55. The van der Waals surface area contributed by atoms with Crippen molar-refractivity contribution in [3.05, 3.63) is 63.1 Å². The zero-order valence-electron chi connectivity index (χ0n) is 12.2. The Morgan fingerprint density at radius 3 is 2.29 bits per heavy atom. The molecular weight excluding hydrogens is 350 g/mol. The number of benzene rings is 2. The van der Waals surface area contributed by atoms with Crippen LogP contribution in [0, 0.1) is 0 Å². The third-order valence-electron chi connectivity index (χ3n) is 3.21. The molecule has 0 saturated heterocycles. The molecule has 0 bridgehead atoms. The fourth-order valence-corrected chi connectivity index (χ4v) is 2.45. The summed E-state index contributed by atoms with van der Waals surface area (Å²) in [5.74, 6) is -0.154. The molecule has 0 aliphatic rings. The summed E-state index contributed by atoms with van der Waals surface area (Å²) in [4.78, 5) is 12.3. The molecule has 0 saturated carbocycles. The number of carbonyl (C=O) groups excluding carboxylic acids is 1. The lowest BCUT2D eigenvalue weighted by molar-refractivity contribution is 0.102. The zero-order chi connectivity index (χ0) is 15.6. The van der Waals surface area contributed by atoms with Gasteiger partial charge in [-0.3, -0.25) is 4.79 Å². The lowest BCUT2D eigenvalue weighted by Gasteiger charge is -2.19. The second-order valence-electron chi connectivity index (χ2n) is 5.88. The Morgan fingerprint density at radius 2 is 1.71 bits per heavy atom. The van der Waals surface area contributed by atoms with Crippen LogP contribution in [0.1, 0.15) is 36.7 Å². The van der Waals surface area contributed by atoms with Gasteiger partial charge >= 0.3 is 0 Å². The molecule has 2 aromatic carbocycles. The van der Waals surface area contributed by atoms with Crippen molar-refractivity contribution >= 4 is 39.1 Å². The predicted octanol–water partition coefficient (Wildman–Crippen LogP) is 5.65. The van der Waals surface area contributed by atoms with Crippen LogP contribution in [0.3, 0.4) is 0 Å². The lowest BCUT2D eigenvalue weighted by atomic mass is 9.87. The Bertz CT molecular complexity index is 659. The topological polar surface area (TPSA) is 29.1 Å². The molecule has 2 nitrogen and oxygen atoms in total. The number of carbonyl (C=O) groups is 1. The third kappa shape index (κ3) is 3.86. The van der Waals surface area contributed by atoms with E-state index in [-0.39, 0.29) is 11.3 Å². The zero-order valence-corrected chi connectivity index (χ0v) is 14.5. The maximum atomic E-state index is 12.3. The van der Waals surface area contributed by atoms with Crippen LogP contribution < -0.4 is 5.32 Å². The summed E-state index contributed by atoms with van der Waals surface area (Å²) < 4.78 is 0.686. The number of halogens is 2. The molecule has 0 aromatic heterocycles. The van der Waals surface area contributed by atoms with Crippen molar-refractivity contribution < 1.29 is 4.79 Å². The van der Waals surface area contributed by atoms with Gasteiger partial charge in [0.15, 0.2) is 0 Å². The highest BCUT2D eigenvalue weighted by atomic mass is 79.9. The standard InChI is InChI=1S/C17H17BrClNO/c1-17(2,3)12-9-7-11(8-10-12)16(21)20-14-6-4-5-13(19)15(14)18/h4-10H,1-3H3,(H,20,21). The molecule has 4 heteroatoms. The highest BCUT2D eigenvalue weighted by Crippen LogP contribution is 2.30. The van der Waals surface area contributed by atoms with Crippen LogP contribution >= 0.6 is 27.5 Å². The second-order valence-corrected chi connectivity index (χ2v) is 7.08. The molecule has 110 valence electrons. The van der Waals surface area contributed by atoms with Gasteiger partial charge in [0.2, 0.25) is 0 Å². The van der Waals surface area contributed by atoms with Crippen molar-refractivity contribution in [2.24, 2.45) is 0 Å². The Kier molecular flexibility index (Phi) is 4.74. The summed E-state index contributed by atoms with van der Waals surface area (Å²) in [5, 5.41) is 3.42. The summed E-state index contributed by atoms with van der Waals surface area (Å²) >= 11 is 9.39. The monoisotopic (exact) mass is 365 g/mol. The number of hydrogen-bond donors (Lipinski definition) is 1. The largest absolute Gasteiger partial charge is 0.321 e. The molecule has 2 rings (SSSR count). The fraction of sp³-hybridized carbons (Fsp3) is 0.235. The third-order valence-corrected chi connectivity index (χ3v) is 4.61. The molecule has 0 unspecified atom stereocenters. The average Bonchev–Trinajstić information content (AvgIpc) is 2.43. The number of hydrogen-bond acceptors (Lipinski definition) is 1. The number of nitrogens with one attached hydrogen (secondary N) is 1. The molecule has 1 N–H and O–H groups in total. The van der Waals surface area contributed by atoms with Gasteiger partial charge in [-0.15, -0.1) is 0 Å². The van der Waals surface area contributed by atoms with Crippen molar-refractivity contribution in [3.8, 4) is 0 Å². The average molecular weight is 367 g/mol. The van der Waals surface area contributed by atoms with Crippen LogP contribution in [0.25, 0.3) is 0 Å². The highest BCUT2D eigenvalue weighted by molar-refractivity contribution is 9.10. The van der Waals surface area contributed by atoms with Gasteiger partial charge in [-0.1, -0.05) is 50.6 Å². The summed E-state index contributed by atoms with van der Waals surface area (Å²) in [7, 11) is 0. The van der Waals surface area contributed by atoms with Crippen LogP contribution in [0.5, 0.6) is 0 Å². The Hall–Kier alpha value is -1.32. The smallest absolute Gasteiger partial charge is 0.255 e. The quantitative estimate of drug-likeness (QED) is 0.731. The molecule has 0 fully saturated rings. The summed E-state index contributed by atoms with van der Waals surface area (Å²) in [6.07, 6.45) is 0. The molecule has 0 aliphatic heterocycles.